The van der Waals surface area contributed by atoms with E-state index in [1.54, 1.807) is 0 Å². The van der Waals surface area contributed by atoms with Crippen molar-refractivity contribution in [1.29, 1.82) is 0 Å². The van der Waals surface area contributed by atoms with Crippen LogP contribution in [0.2, 0.25) is 0 Å². The number of fused-ring (bicyclic) bond motifs is 1. The first-order chi connectivity index (χ1) is 4.47. The molecule has 0 aromatic rings. The van der Waals surface area contributed by atoms with Gasteiger partial charge in [-0.25, -0.2) is 0 Å². The molecule has 1 fully saturated rings. The molecule has 1 atom stereocenters. The summed E-state index contributed by atoms with van der Waals surface area (Å²) in [7, 11) is 0. The molecule has 1 aliphatic heterocycles. The van der Waals surface area contributed by atoms with Crippen LogP contribution in [0.15, 0.2) is 23.8 Å². The third-order valence-corrected chi connectivity index (χ3v) is 1.94. The molecule has 0 bridgehead atoms. The standard InChI is InChI=1S/C8H10N/c1-2-4-8-6-9-5-7(8)3-1/h1-3,6,8-9H,4-5H2. The van der Waals surface area contributed by atoms with Gasteiger partial charge < -0.3 is 5.32 Å². The fourth-order valence-electron chi connectivity index (χ4n) is 1.38. The van der Waals surface area contributed by atoms with Crippen molar-refractivity contribution < 1.29 is 0 Å². The van der Waals surface area contributed by atoms with Gasteiger partial charge in [-0.05, 0) is 6.42 Å². The zero-order valence-corrected chi connectivity index (χ0v) is 5.30. The maximum absolute atomic E-state index is 3.23. The Morgan fingerprint density at radius 1 is 1.56 bits per heavy atom. The molecule has 9 heavy (non-hydrogen) atoms. The average molecular weight is 120 g/mol. The maximum Gasteiger partial charge on any atom is 0.0299 e. The van der Waals surface area contributed by atoms with Crippen LogP contribution < -0.4 is 5.32 Å². The highest BCUT2D eigenvalue weighted by Gasteiger charge is 2.20. The molecule has 1 radical (unpaired) electrons. The molecule has 1 heteroatoms. The lowest BCUT2D eigenvalue weighted by Crippen LogP contribution is -2.00. The first kappa shape index (κ1) is 5.24. The first-order valence-electron chi connectivity index (χ1n) is 3.39. The van der Waals surface area contributed by atoms with Gasteiger partial charge in [0.05, 0.1) is 0 Å². The van der Waals surface area contributed by atoms with Gasteiger partial charge in [0.15, 0.2) is 0 Å². The smallest absolute Gasteiger partial charge is 0.0299 e. The lowest BCUT2D eigenvalue weighted by molar-refractivity contribution is 0.743. The molecule has 1 nitrogen and oxygen atoms in total. The maximum atomic E-state index is 3.23. The van der Waals surface area contributed by atoms with Gasteiger partial charge in [0.2, 0.25) is 0 Å². The predicted molar refractivity (Wildman–Crippen MR) is 37.6 cm³/mol. The lowest BCUT2D eigenvalue weighted by atomic mass is 9.95. The van der Waals surface area contributed by atoms with Gasteiger partial charge in [-0.1, -0.05) is 23.8 Å². The summed E-state index contributed by atoms with van der Waals surface area (Å²) in [4.78, 5) is 0. The van der Waals surface area contributed by atoms with Gasteiger partial charge in [0.25, 0.3) is 0 Å². The van der Waals surface area contributed by atoms with Crippen LogP contribution in [0.4, 0.5) is 0 Å². The summed E-state index contributed by atoms with van der Waals surface area (Å²) in [5, 5.41) is 3.23. The summed E-state index contributed by atoms with van der Waals surface area (Å²) >= 11 is 0. The van der Waals surface area contributed by atoms with Crippen LogP contribution in [-0.2, 0) is 0 Å². The number of allylic oxidation sites excluding steroid dienone is 3. The van der Waals surface area contributed by atoms with Crippen molar-refractivity contribution in [1.82, 2.24) is 5.32 Å². The van der Waals surface area contributed by atoms with Crippen molar-refractivity contribution in [3.8, 4) is 0 Å². The number of nitrogens with one attached hydrogen (secondary N) is 1. The number of rotatable bonds is 0. The van der Waals surface area contributed by atoms with Crippen LogP contribution in [0.25, 0.3) is 0 Å². The van der Waals surface area contributed by atoms with Crippen molar-refractivity contribution in [3.05, 3.63) is 30.3 Å². The molecule has 2 aliphatic rings. The molecule has 1 N–H and O–H groups in total. The minimum absolute atomic E-state index is 0.704. The largest absolute Gasteiger partial charge is 0.308 e. The molecule has 0 aromatic carbocycles. The van der Waals surface area contributed by atoms with Crippen LogP contribution in [0.5, 0.6) is 0 Å². The molecule has 0 saturated carbocycles. The van der Waals surface area contributed by atoms with Gasteiger partial charge in [-0.15, -0.1) is 0 Å². The van der Waals surface area contributed by atoms with Crippen LogP contribution in [0, 0.1) is 12.5 Å². The summed E-state index contributed by atoms with van der Waals surface area (Å²) in [6.45, 7) is 3.25. The Bertz CT molecular complexity index is 167. The van der Waals surface area contributed by atoms with E-state index >= 15 is 0 Å². The van der Waals surface area contributed by atoms with Crippen LogP contribution in [0.3, 0.4) is 0 Å². The molecule has 1 heterocycles. The Labute approximate surface area is 55.5 Å². The second-order valence-electron chi connectivity index (χ2n) is 2.56. The van der Waals surface area contributed by atoms with E-state index in [2.05, 4.69) is 30.1 Å². The van der Waals surface area contributed by atoms with Crippen LogP contribution in [-0.4, -0.2) is 6.54 Å². The molecule has 1 saturated heterocycles. The van der Waals surface area contributed by atoms with Crippen molar-refractivity contribution in [3.63, 3.8) is 0 Å². The summed E-state index contributed by atoms with van der Waals surface area (Å²) in [5.41, 5.74) is 1.54. The van der Waals surface area contributed by atoms with Gasteiger partial charge in [0, 0.05) is 19.0 Å². The topological polar surface area (TPSA) is 12.0 Å². The van der Waals surface area contributed by atoms with E-state index in [0.717, 1.165) is 6.54 Å². The second kappa shape index (κ2) is 1.99. The zero-order valence-electron chi connectivity index (χ0n) is 5.30. The second-order valence-corrected chi connectivity index (χ2v) is 2.56. The fraction of sp³-hybridized carbons (Fsp3) is 0.375. The zero-order chi connectivity index (χ0) is 6.10. The van der Waals surface area contributed by atoms with Crippen molar-refractivity contribution in [2.75, 3.05) is 6.54 Å². The first-order valence-corrected chi connectivity index (χ1v) is 3.39. The Kier molecular flexibility index (Phi) is 1.16. The Balaban J connectivity index is 2.23. The Morgan fingerprint density at radius 3 is 3.44 bits per heavy atom. The van der Waals surface area contributed by atoms with E-state index in [1.807, 2.05) is 0 Å². The van der Waals surface area contributed by atoms with E-state index < -0.39 is 0 Å². The third-order valence-electron chi connectivity index (χ3n) is 1.94. The van der Waals surface area contributed by atoms with E-state index in [9.17, 15) is 0 Å². The minimum Gasteiger partial charge on any atom is -0.308 e. The highest BCUT2D eigenvalue weighted by atomic mass is 14.9. The summed E-state index contributed by atoms with van der Waals surface area (Å²) in [6, 6.07) is 0. The van der Waals surface area contributed by atoms with Gasteiger partial charge >= 0.3 is 0 Å². The van der Waals surface area contributed by atoms with Gasteiger partial charge in [-0.2, -0.15) is 0 Å². The van der Waals surface area contributed by atoms with Crippen molar-refractivity contribution in [2.45, 2.75) is 6.42 Å². The van der Waals surface area contributed by atoms with Crippen LogP contribution >= 0.6 is 0 Å². The normalized spacial score (nSPS) is 32.0. The van der Waals surface area contributed by atoms with Crippen LogP contribution in [0.1, 0.15) is 6.42 Å². The number of hydrogen-bond acceptors (Lipinski definition) is 1. The molecular formula is C8H10N. The predicted octanol–water partition coefficient (Wildman–Crippen LogP) is 1.25. The lowest BCUT2D eigenvalue weighted by Gasteiger charge is -2.09. The Morgan fingerprint density at radius 2 is 2.56 bits per heavy atom. The highest BCUT2D eigenvalue weighted by molar-refractivity contribution is 5.27. The van der Waals surface area contributed by atoms with Gasteiger partial charge in [-0.3, -0.25) is 0 Å². The van der Waals surface area contributed by atoms with E-state index in [4.69, 9.17) is 0 Å². The summed E-state index contributed by atoms with van der Waals surface area (Å²) in [5.74, 6) is 0.704. The van der Waals surface area contributed by atoms with E-state index in [1.165, 1.54) is 12.0 Å². The monoisotopic (exact) mass is 120 g/mol. The summed E-state index contributed by atoms with van der Waals surface area (Å²) < 4.78 is 0. The minimum atomic E-state index is 0.704. The fourth-order valence-corrected chi connectivity index (χ4v) is 1.38. The van der Waals surface area contributed by atoms with Gasteiger partial charge in [0.1, 0.15) is 0 Å². The van der Waals surface area contributed by atoms with Crippen molar-refractivity contribution >= 4 is 0 Å². The summed E-state index contributed by atoms with van der Waals surface area (Å²) in [6.07, 6.45) is 7.77. The molecule has 0 spiro atoms. The average Bonchev–Trinajstić information content (AvgIpc) is 2.33. The van der Waals surface area contributed by atoms with E-state index in [-0.39, 0.29) is 0 Å². The van der Waals surface area contributed by atoms with E-state index in [0.29, 0.717) is 5.92 Å². The highest BCUT2D eigenvalue weighted by Crippen LogP contribution is 2.25. The molecule has 0 amide bonds. The van der Waals surface area contributed by atoms with Crippen molar-refractivity contribution in [2.24, 2.45) is 5.92 Å². The molecule has 0 aromatic heterocycles. The number of hydrogen-bond donors (Lipinski definition) is 1. The quantitative estimate of drug-likeness (QED) is 0.507. The molecule has 1 aliphatic carbocycles. The molecular weight excluding hydrogens is 110 g/mol. The molecule has 47 valence electrons. The third kappa shape index (κ3) is 0.815. The molecule has 2 rings (SSSR count). The SMILES string of the molecule is [CH]1NCC2=CC=CCC12. The Hall–Kier alpha value is -0.560. The molecule has 1 unspecified atom stereocenters.